The molecule has 0 atom stereocenters. The van der Waals surface area contributed by atoms with E-state index in [0.29, 0.717) is 12.1 Å². The lowest BCUT2D eigenvalue weighted by Gasteiger charge is -2.05. The molecule has 0 radical (unpaired) electrons. The van der Waals surface area contributed by atoms with Crippen LogP contribution in [0.3, 0.4) is 0 Å². The Bertz CT molecular complexity index is 455. The minimum absolute atomic E-state index is 0.0587. The summed E-state index contributed by atoms with van der Waals surface area (Å²) < 4.78 is 0. The Morgan fingerprint density at radius 1 is 1.47 bits per heavy atom. The van der Waals surface area contributed by atoms with Crippen molar-refractivity contribution in [3.8, 4) is 11.8 Å². The van der Waals surface area contributed by atoms with E-state index in [1.807, 2.05) is 19.9 Å². The molecule has 1 amide bonds. The number of benzene rings is 1. The summed E-state index contributed by atoms with van der Waals surface area (Å²) in [5.74, 6) is 5.37. The summed E-state index contributed by atoms with van der Waals surface area (Å²) in [4.78, 5) is 11.7. The lowest BCUT2D eigenvalue weighted by Crippen LogP contribution is -2.24. The molecule has 0 aliphatic carbocycles. The Morgan fingerprint density at radius 3 is 2.82 bits per heavy atom. The molecule has 17 heavy (non-hydrogen) atoms. The van der Waals surface area contributed by atoms with Crippen molar-refractivity contribution in [3.63, 3.8) is 0 Å². The second-order valence-electron chi connectivity index (χ2n) is 3.75. The molecule has 1 aromatic carbocycles. The van der Waals surface area contributed by atoms with Crippen LogP contribution in [-0.2, 0) is 0 Å². The van der Waals surface area contributed by atoms with Gasteiger partial charge in [-0.25, -0.2) is 0 Å². The monoisotopic (exact) mass is 231 g/mol. The van der Waals surface area contributed by atoms with Crippen LogP contribution in [0.1, 0.15) is 34.8 Å². The van der Waals surface area contributed by atoms with Gasteiger partial charge in [-0.1, -0.05) is 18.8 Å². The van der Waals surface area contributed by atoms with Crippen molar-refractivity contribution < 1.29 is 9.90 Å². The molecule has 0 saturated carbocycles. The Kier molecular flexibility index (Phi) is 5.25. The number of carbonyl (C=O) groups excluding carboxylic acids is 1. The zero-order valence-electron chi connectivity index (χ0n) is 10.2. The summed E-state index contributed by atoms with van der Waals surface area (Å²) in [6, 6.07) is 5.37. The van der Waals surface area contributed by atoms with Crippen molar-refractivity contribution in [2.75, 3.05) is 13.2 Å². The highest BCUT2D eigenvalue weighted by Gasteiger charge is 2.05. The molecular weight excluding hydrogens is 214 g/mol. The number of aliphatic hydroxyl groups excluding tert-OH is 1. The molecule has 0 unspecified atom stereocenters. The van der Waals surface area contributed by atoms with Gasteiger partial charge in [-0.3, -0.25) is 4.79 Å². The predicted octanol–water partition coefficient (Wildman–Crippen LogP) is 1.48. The molecule has 0 bridgehead atoms. The molecular formula is C14H17NO2. The van der Waals surface area contributed by atoms with Crippen LogP contribution >= 0.6 is 0 Å². The first-order valence-electron chi connectivity index (χ1n) is 5.67. The predicted molar refractivity (Wildman–Crippen MR) is 67.8 cm³/mol. The van der Waals surface area contributed by atoms with Gasteiger partial charge in [0.25, 0.3) is 5.91 Å². The van der Waals surface area contributed by atoms with E-state index < -0.39 is 0 Å². The fourth-order valence-electron chi connectivity index (χ4n) is 1.42. The van der Waals surface area contributed by atoms with E-state index in [4.69, 9.17) is 5.11 Å². The van der Waals surface area contributed by atoms with Crippen LogP contribution in [0.25, 0.3) is 0 Å². The van der Waals surface area contributed by atoms with Crippen molar-refractivity contribution in [2.45, 2.75) is 20.3 Å². The van der Waals surface area contributed by atoms with Gasteiger partial charge in [0.2, 0.25) is 0 Å². The van der Waals surface area contributed by atoms with Gasteiger partial charge in [0.1, 0.15) is 6.61 Å². The molecule has 3 nitrogen and oxygen atoms in total. The third-order valence-electron chi connectivity index (χ3n) is 2.33. The lowest BCUT2D eigenvalue weighted by molar-refractivity contribution is 0.0953. The van der Waals surface area contributed by atoms with Crippen LogP contribution in [0, 0.1) is 18.8 Å². The molecule has 0 aliphatic rings. The first kappa shape index (κ1) is 13.3. The molecule has 0 aliphatic heterocycles. The summed E-state index contributed by atoms with van der Waals surface area (Å²) in [7, 11) is 0. The SMILES string of the molecule is CCCNC(=O)c1ccc(C#CCO)c(C)c1. The molecule has 0 saturated heterocycles. The number of hydrogen-bond acceptors (Lipinski definition) is 2. The second kappa shape index (κ2) is 6.72. The molecule has 0 spiro atoms. The van der Waals surface area contributed by atoms with Gasteiger partial charge in [0, 0.05) is 17.7 Å². The minimum Gasteiger partial charge on any atom is -0.384 e. The highest BCUT2D eigenvalue weighted by molar-refractivity contribution is 5.94. The average Bonchev–Trinajstić information content (AvgIpc) is 2.34. The van der Waals surface area contributed by atoms with Crippen molar-refractivity contribution in [3.05, 3.63) is 34.9 Å². The van der Waals surface area contributed by atoms with Crippen LogP contribution in [0.5, 0.6) is 0 Å². The number of carbonyl (C=O) groups is 1. The normalized spacial score (nSPS) is 9.35. The maximum atomic E-state index is 11.7. The van der Waals surface area contributed by atoms with Crippen LogP contribution in [-0.4, -0.2) is 24.2 Å². The molecule has 3 heteroatoms. The summed E-state index contributed by atoms with van der Waals surface area (Å²) in [5, 5.41) is 11.4. The van der Waals surface area contributed by atoms with Gasteiger partial charge < -0.3 is 10.4 Å². The fraction of sp³-hybridized carbons (Fsp3) is 0.357. The molecule has 0 aromatic heterocycles. The van der Waals surface area contributed by atoms with E-state index in [0.717, 1.165) is 17.5 Å². The van der Waals surface area contributed by atoms with Gasteiger partial charge in [-0.05, 0) is 37.1 Å². The summed E-state index contributed by atoms with van der Waals surface area (Å²) in [5.41, 5.74) is 2.42. The van der Waals surface area contributed by atoms with Crippen LogP contribution in [0.15, 0.2) is 18.2 Å². The van der Waals surface area contributed by atoms with E-state index >= 15 is 0 Å². The number of hydrogen-bond donors (Lipinski definition) is 2. The average molecular weight is 231 g/mol. The molecule has 0 fully saturated rings. The van der Waals surface area contributed by atoms with E-state index in [2.05, 4.69) is 17.2 Å². The van der Waals surface area contributed by atoms with E-state index in [-0.39, 0.29) is 12.5 Å². The molecule has 1 rings (SSSR count). The largest absolute Gasteiger partial charge is 0.384 e. The van der Waals surface area contributed by atoms with Gasteiger partial charge in [-0.15, -0.1) is 0 Å². The van der Waals surface area contributed by atoms with E-state index in [9.17, 15) is 4.79 Å². The maximum absolute atomic E-state index is 11.7. The standard InChI is InChI=1S/C14H17NO2/c1-3-8-15-14(17)13-7-6-12(5-4-9-16)11(2)10-13/h6-7,10,16H,3,8-9H2,1-2H3,(H,15,17). The topological polar surface area (TPSA) is 49.3 Å². The zero-order valence-corrected chi connectivity index (χ0v) is 10.2. The summed E-state index contributed by atoms with van der Waals surface area (Å²) in [6.07, 6.45) is 0.921. The highest BCUT2D eigenvalue weighted by Crippen LogP contribution is 2.10. The fourth-order valence-corrected chi connectivity index (χ4v) is 1.42. The third kappa shape index (κ3) is 3.93. The molecule has 1 aromatic rings. The quantitative estimate of drug-likeness (QED) is 0.774. The van der Waals surface area contributed by atoms with Crippen molar-refractivity contribution in [1.29, 1.82) is 0 Å². The zero-order chi connectivity index (χ0) is 12.7. The summed E-state index contributed by atoms with van der Waals surface area (Å²) >= 11 is 0. The van der Waals surface area contributed by atoms with Gasteiger partial charge >= 0.3 is 0 Å². The number of aryl methyl sites for hydroxylation is 1. The van der Waals surface area contributed by atoms with Crippen molar-refractivity contribution in [1.82, 2.24) is 5.32 Å². The van der Waals surface area contributed by atoms with Crippen LogP contribution in [0.4, 0.5) is 0 Å². The van der Waals surface area contributed by atoms with Gasteiger partial charge in [-0.2, -0.15) is 0 Å². The molecule has 0 heterocycles. The minimum atomic E-state index is -0.155. The van der Waals surface area contributed by atoms with Crippen molar-refractivity contribution >= 4 is 5.91 Å². The smallest absolute Gasteiger partial charge is 0.251 e. The molecule has 90 valence electrons. The van der Waals surface area contributed by atoms with Crippen LogP contribution in [0.2, 0.25) is 0 Å². The number of amides is 1. The first-order chi connectivity index (χ1) is 8.19. The number of aliphatic hydroxyl groups is 1. The Hall–Kier alpha value is -1.79. The Labute approximate surface area is 102 Å². The number of rotatable bonds is 3. The van der Waals surface area contributed by atoms with Crippen molar-refractivity contribution in [2.24, 2.45) is 0 Å². The third-order valence-corrected chi connectivity index (χ3v) is 2.33. The molecule has 2 N–H and O–H groups in total. The first-order valence-corrected chi connectivity index (χ1v) is 5.67. The van der Waals surface area contributed by atoms with Gasteiger partial charge in [0.05, 0.1) is 0 Å². The summed E-state index contributed by atoms with van der Waals surface area (Å²) in [6.45, 7) is 4.44. The second-order valence-corrected chi connectivity index (χ2v) is 3.75. The number of nitrogens with one attached hydrogen (secondary N) is 1. The highest BCUT2D eigenvalue weighted by atomic mass is 16.2. The van der Waals surface area contributed by atoms with E-state index in [1.54, 1.807) is 12.1 Å². The van der Waals surface area contributed by atoms with Gasteiger partial charge in [0.15, 0.2) is 0 Å². The maximum Gasteiger partial charge on any atom is 0.251 e. The Morgan fingerprint density at radius 2 is 2.24 bits per heavy atom. The van der Waals surface area contributed by atoms with E-state index in [1.165, 1.54) is 0 Å². The van der Waals surface area contributed by atoms with Crippen LogP contribution < -0.4 is 5.32 Å². The lowest BCUT2D eigenvalue weighted by atomic mass is 10.0. The Balaban J connectivity index is 2.85.